The number of unbranched alkanes of at least 4 members (excludes halogenated alkanes) is 11. The van der Waals surface area contributed by atoms with Crippen molar-refractivity contribution < 1.29 is 12.8 Å². The second kappa shape index (κ2) is 20.5. The Morgan fingerprint density at radius 2 is 1.24 bits per heavy atom. The summed E-state index contributed by atoms with van der Waals surface area (Å²) in [7, 11) is 0. The molecule has 0 saturated heterocycles. The van der Waals surface area contributed by atoms with Gasteiger partial charge in [0, 0.05) is 6.42 Å². The summed E-state index contributed by atoms with van der Waals surface area (Å²) < 4.78 is 0. The van der Waals surface area contributed by atoms with Crippen LogP contribution in [0, 0.1) is 0 Å². The predicted octanol–water partition coefficient (Wildman–Crippen LogP) is 5.95. The molecule has 0 rings (SSSR count). The molecular formula is C18H36CaO2. The summed E-state index contributed by atoms with van der Waals surface area (Å²) >= 11 is 0. The smallest absolute Gasteiger partial charge is 1.00 e. The van der Waals surface area contributed by atoms with Crippen molar-refractivity contribution in [1.82, 2.24) is 0 Å². The molecule has 0 aromatic rings. The third-order valence-electron chi connectivity index (χ3n) is 3.65. The number of carbonyl (C=O) groups is 1. The number of allylic oxidation sites excluding steroid dienone is 2. The molecule has 0 bridgehead atoms. The summed E-state index contributed by atoms with van der Waals surface area (Å²) in [6.45, 7) is 2.25. The van der Waals surface area contributed by atoms with Gasteiger partial charge < -0.3 is 7.96 Å². The van der Waals surface area contributed by atoms with Crippen molar-refractivity contribution >= 4 is 43.7 Å². The van der Waals surface area contributed by atoms with Crippen LogP contribution in [0.25, 0.3) is 0 Å². The van der Waals surface area contributed by atoms with Crippen LogP contribution in [-0.2, 0) is 4.79 Å². The van der Waals surface area contributed by atoms with E-state index in [4.69, 9.17) is 5.11 Å². The fourth-order valence-corrected chi connectivity index (χ4v) is 2.35. The summed E-state index contributed by atoms with van der Waals surface area (Å²) in [5, 5.41) is 8.51. The van der Waals surface area contributed by atoms with Gasteiger partial charge in [-0.1, -0.05) is 70.4 Å². The van der Waals surface area contributed by atoms with Crippen LogP contribution in [0.4, 0.5) is 0 Å². The monoisotopic (exact) mass is 324 g/mol. The fraction of sp³-hybridized carbons (Fsp3) is 0.833. The van der Waals surface area contributed by atoms with Gasteiger partial charge in [-0.05, 0) is 32.1 Å². The molecule has 0 unspecified atom stereocenters. The van der Waals surface area contributed by atoms with Crippen LogP contribution in [0.5, 0.6) is 0 Å². The molecule has 122 valence electrons. The molecule has 0 atom stereocenters. The maximum absolute atomic E-state index is 10.3. The van der Waals surface area contributed by atoms with E-state index in [9.17, 15) is 4.79 Å². The Morgan fingerprint density at radius 1 is 0.810 bits per heavy atom. The molecule has 0 aromatic carbocycles. The van der Waals surface area contributed by atoms with Crippen molar-refractivity contribution in [3.63, 3.8) is 0 Å². The Bertz CT molecular complexity index is 249. The Morgan fingerprint density at radius 3 is 1.71 bits per heavy atom. The van der Waals surface area contributed by atoms with E-state index in [1.54, 1.807) is 0 Å². The minimum atomic E-state index is -0.661. The average Bonchev–Trinajstić information content (AvgIpc) is 2.43. The van der Waals surface area contributed by atoms with Gasteiger partial charge in [-0.3, -0.25) is 4.79 Å². The molecule has 0 aliphatic carbocycles. The van der Waals surface area contributed by atoms with Gasteiger partial charge in [0.15, 0.2) is 0 Å². The molecule has 0 amide bonds. The van der Waals surface area contributed by atoms with E-state index < -0.39 is 5.97 Å². The molecule has 0 fully saturated rings. The first-order valence-corrected chi connectivity index (χ1v) is 8.64. The third-order valence-corrected chi connectivity index (χ3v) is 3.65. The summed E-state index contributed by atoms with van der Waals surface area (Å²) in [6, 6.07) is 0. The SMILES string of the molecule is CCCCCC/C=C/CCCCCCCCCC(=O)O.[Ca+2].[H-].[H-]. The average molecular weight is 325 g/mol. The summed E-state index contributed by atoms with van der Waals surface area (Å²) in [4.78, 5) is 10.3. The molecule has 0 spiro atoms. The zero-order valence-electron chi connectivity index (χ0n) is 16.1. The van der Waals surface area contributed by atoms with Crippen LogP contribution in [-0.4, -0.2) is 48.8 Å². The number of hydrogen-bond acceptors (Lipinski definition) is 1. The Kier molecular flexibility index (Phi) is 23.1. The van der Waals surface area contributed by atoms with Gasteiger partial charge in [0.25, 0.3) is 0 Å². The van der Waals surface area contributed by atoms with E-state index in [0.717, 1.165) is 12.8 Å². The molecule has 0 aliphatic heterocycles. The summed E-state index contributed by atoms with van der Waals surface area (Å²) in [6.07, 6.45) is 21.2. The van der Waals surface area contributed by atoms with Gasteiger partial charge in [-0.15, -0.1) is 0 Å². The van der Waals surface area contributed by atoms with Crippen LogP contribution in [0.2, 0.25) is 0 Å². The first kappa shape index (κ1) is 23.7. The second-order valence-corrected chi connectivity index (χ2v) is 5.73. The summed E-state index contributed by atoms with van der Waals surface area (Å²) in [5.74, 6) is -0.661. The van der Waals surface area contributed by atoms with Crippen LogP contribution in [0.3, 0.4) is 0 Å². The van der Waals surface area contributed by atoms with Gasteiger partial charge in [0.2, 0.25) is 0 Å². The van der Waals surface area contributed by atoms with Crippen molar-refractivity contribution in [2.75, 3.05) is 0 Å². The third kappa shape index (κ3) is 22.9. The van der Waals surface area contributed by atoms with Crippen LogP contribution >= 0.6 is 0 Å². The minimum Gasteiger partial charge on any atom is -1.00 e. The Labute approximate surface area is 164 Å². The van der Waals surface area contributed by atoms with Crippen LogP contribution < -0.4 is 0 Å². The van der Waals surface area contributed by atoms with Crippen LogP contribution in [0.1, 0.15) is 99.7 Å². The van der Waals surface area contributed by atoms with E-state index in [1.165, 1.54) is 70.6 Å². The quantitative estimate of drug-likeness (QED) is 0.229. The Hall–Kier alpha value is 0.470. The molecule has 0 heterocycles. The molecule has 2 nitrogen and oxygen atoms in total. The zero-order chi connectivity index (χ0) is 14.9. The van der Waals surface area contributed by atoms with E-state index in [1.807, 2.05) is 0 Å². The van der Waals surface area contributed by atoms with E-state index >= 15 is 0 Å². The molecule has 1 N–H and O–H groups in total. The van der Waals surface area contributed by atoms with Gasteiger partial charge in [-0.25, -0.2) is 0 Å². The largest absolute Gasteiger partial charge is 2.00 e. The van der Waals surface area contributed by atoms with Crippen molar-refractivity contribution in [3.8, 4) is 0 Å². The fourth-order valence-electron chi connectivity index (χ4n) is 2.35. The van der Waals surface area contributed by atoms with Gasteiger partial charge >= 0.3 is 43.7 Å². The standard InChI is InChI=1S/C18H34O2.Ca.2H/c1-2-3-4-5-6-7-8-9-10-11-12-13-14-15-16-17-18(19)20;;;/h7-8H,2-6,9-17H2,1H3,(H,19,20);;;/q;+2;2*-1/b8-7+;;;. The molecule has 3 heteroatoms. The second-order valence-electron chi connectivity index (χ2n) is 5.73. The topological polar surface area (TPSA) is 37.3 Å². The maximum atomic E-state index is 10.3. The molecule has 0 aromatic heterocycles. The van der Waals surface area contributed by atoms with Gasteiger partial charge in [0.05, 0.1) is 0 Å². The molecule has 0 saturated carbocycles. The van der Waals surface area contributed by atoms with Crippen molar-refractivity contribution in [3.05, 3.63) is 12.2 Å². The maximum Gasteiger partial charge on any atom is 2.00 e. The number of rotatable bonds is 15. The first-order valence-electron chi connectivity index (χ1n) is 8.64. The number of carboxylic acids is 1. The molecule has 0 radical (unpaired) electrons. The Balaban J connectivity index is -0.000000602. The molecular weight excluding hydrogens is 288 g/mol. The number of aliphatic carboxylic acids is 1. The minimum absolute atomic E-state index is 0. The van der Waals surface area contributed by atoms with E-state index in [-0.39, 0.29) is 40.6 Å². The zero-order valence-corrected chi connectivity index (χ0v) is 16.3. The number of hydrogen-bond donors (Lipinski definition) is 1. The van der Waals surface area contributed by atoms with Gasteiger partial charge in [-0.2, -0.15) is 0 Å². The normalized spacial score (nSPS) is 10.7. The first-order chi connectivity index (χ1) is 9.77. The van der Waals surface area contributed by atoms with E-state index in [2.05, 4.69) is 19.1 Å². The summed E-state index contributed by atoms with van der Waals surface area (Å²) in [5.41, 5.74) is 0. The molecule has 0 aliphatic rings. The molecule has 21 heavy (non-hydrogen) atoms. The van der Waals surface area contributed by atoms with Gasteiger partial charge in [0.1, 0.15) is 0 Å². The van der Waals surface area contributed by atoms with Crippen molar-refractivity contribution in [1.29, 1.82) is 0 Å². The van der Waals surface area contributed by atoms with E-state index in [0.29, 0.717) is 6.42 Å². The number of carboxylic acid groups (broad SMARTS) is 1. The predicted molar refractivity (Wildman–Crippen MR) is 95.1 cm³/mol. The van der Waals surface area contributed by atoms with Crippen molar-refractivity contribution in [2.45, 2.75) is 96.8 Å². The van der Waals surface area contributed by atoms with Crippen molar-refractivity contribution in [2.24, 2.45) is 0 Å². The van der Waals surface area contributed by atoms with Crippen LogP contribution in [0.15, 0.2) is 12.2 Å².